The Morgan fingerprint density at radius 2 is 1.84 bits per heavy atom. The van der Waals surface area contributed by atoms with E-state index in [-0.39, 0.29) is 0 Å². The average Bonchev–Trinajstić information content (AvgIpc) is 2.82. The lowest BCUT2D eigenvalue weighted by molar-refractivity contribution is 0.0322. The van der Waals surface area contributed by atoms with E-state index in [0.29, 0.717) is 13.2 Å². The van der Waals surface area contributed by atoms with E-state index < -0.39 is 0 Å². The van der Waals surface area contributed by atoms with Crippen molar-refractivity contribution in [3.8, 4) is 11.5 Å². The van der Waals surface area contributed by atoms with Crippen molar-refractivity contribution in [2.75, 3.05) is 60.2 Å². The van der Waals surface area contributed by atoms with Crippen molar-refractivity contribution in [2.24, 2.45) is 4.99 Å². The van der Waals surface area contributed by atoms with Gasteiger partial charge in [0.05, 0.1) is 20.3 Å². The van der Waals surface area contributed by atoms with Gasteiger partial charge in [-0.05, 0) is 41.8 Å². The van der Waals surface area contributed by atoms with Crippen LogP contribution in [-0.4, -0.2) is 71.0 Å². The van der Waals surface area contributed by atoms with Crippen LogP contribution in [0.15, 0.2) is 53.5 Å². The molecule has 2 N–H and O–H groups in total. The summed E-state index contributed by atoms with van der Waals surface area (Å²) in [6, 6.07) is 16.3. The second kappa shape index (κ2) is 12.8. The zero-order valence-electron chi connectivity index (χ0n) is 18.6. The number of methoxy groups -OCH3 is 1. The third kappa shape index (κ3) is 8.11. The van der Waals surface area contributed by atoms with Gasteiger partial charge in [-0.25, -0.2) is 0 Å². The first kappa shape index (κ1) is 22.9. The van der Waals surface area contributed by atoms with Crippen LogP contribution in [0.2, 0.25) is 0 Å². The summed E-state index contributed by atoms with van der Waals surface area (Å²) in [5.74, 6) is 2.56. The number of ether oxygens (including phenoxy) is 3. The number of rotatable bonds is 10. The zero-order chi connectivity index (χ0) is 21.7. The lowest BCUT2D eigenvalue weighted by Gasteiger charge is -2.26. The molecule has 7 nitrogen and oxygen atoms in total. The first-order valence-corrected chi connectivity index (χ1v) is 10.9. The van der Waals surface area contributed by atoms with Crippen molar-refractivity contribution in [3.05, 3.63) is 59.7 Å². The van der Waals surface area contributed by atoms with Gasteiger partial charge >= 0.3 is 0 Å². The van der Waals surface area contributed by atoms with E-state index in [2.05, 4.69) is 44.8 Å². The number of guanidine groups is 1. The molecule has 0 aliphatic carbocycles. The van der Waals surface area contributed by atoms with Crippen molar-refractivity contribution in [1.82, 2.24) is 15.5 Å². The lowest BCUT2D eigenvalue weighted by Crippen LogP contribution is -2.38. The van der Waals surface area contributed by atoms with E-state index in [4.69, 9.17) is 14.2 Å². The average molecular weight is 427 g/mol. The Kier molecular flexibility index (Phi) is 9.47. The molecule has 1 fully saturated rings. The summed E-state index contributed by atoms with van der Waals surface area (Å²) in [5.41, 5.74) is 2.41. The van der Waals surface area contributed by atoms with Crippen molar-refractivity contribution in [3.63, 3.8) is 0 Å². The fraction of sp³-hybridized carbons (Fsp3) is 0.458. The highest BCUT2D eigenvalue weighted by Crippen LogP contribution is 2.14. The van der Waals surface area contributed by atoms with Gasteiger partial charge in [0.1, 0.15) is 18.1 Å². The van der Waals surface area contributed by atoms with Gasteiger partial charge in [-0.1, -0.05) is 24.3 Å². The van der Waals surface area contributed by atoms with Crippen LogP contribution in [0, 0.1) is 0 Å². The SMILES string of the molecule is CN=C(NCCc1ccc(OC)cc1)NCc1cccc(OCCN2CCOCC2)c1. The van der Waals surface area contributed by atoms with E-state index in [9.17, 15) is 0 Å². The molecule has 0 atom stereocenters. The van der Waals surface area contributed by atoms with Crippen molar-refractivity contribution < 1.29 is 14.2 Å². The monoisotopic (exact) mass is 426 g/mol. The molecule has 1 aliphatic heterocycles. The van der Waals surface area contributed by atoms with Crippen LogP contribution in [0.5, 0.6) is 11.5 Å². The Labute approximate surface area is 185 Å². The second-order valence-electron chi connectivity index (χ2n) is 7.40. The molecule has 31 heavy (non-hydrogen) atoms. The van der Waals surface area contributed by atoms with Crippen LogP contribution >= 0.6 is 0 Å². The first-order chi connectivity index (χ1) is 15.3. The molecular formula is C24H34N4O3. The van der Waals surface area contributed by atoms with Gasteiger partial charge in [0.15, 0.2) is 5.96 Å². The largest absolute Gasteiger partial charge is 0.497 e. The summed E-state index contributed by atoms with van der Waals surface area (Å²) in [6.45, 7) is 6.70. The predicted octanol–water partition coefficient (Wildman–Crippen LogP) is 2.31. The minimum Gasteiger partial charge on any atom is -0.497 e. The van der Waals surface area contributed by atoms with Gasteiger partial charge in [0.25, 0.3) is 0 Å². The molecule has 168 valence electrons. The van der Waals surface area contributed by atoms with Gasteiger partial charge in [0.2, 0.25) is 0 Å². The molecule has 1 saturated heterocycles. The van der Waals surface area contributed by atoms with Gasteiger partial charge in [-0.15, -0.1) is 0 Å². The summed E-state index contributed by atoms with van der Waals surface area (Å²) >= 11 is 0. The van der Waals surface area contributed by atoms with Crippen LogP contribution in [0.25, 0.3) is 0 Å². The molecular weight excluding hydrogens is 392 g/mol. The molecule has 3 rings (SSSR count). The van der Waals surface area contributed by atoms with Crippen LogP contribution in [0.4, 0.5) is 0 Å². The Hall–Kier alpha value is -2.77. The molecule has 0 saturated carbocycles. The van der Waals surface area contributed by atoms with E-state index in [0.717, 1.165) is 68.8 Å². The maximum atomic E-state index is 5.95. The van der Waals surface area contributed by atoms with E-state index in [1.807, 2.05) is 24.3 Å². The number of benzene rings is 2. The maximum Gasteiger partial charge on any atom is 0.191 e. The molecule has 0 amide bonds. The molecule has 0 spiro atoms. The van der Waals surface area contributed by atoms with Gasteiger partial charge in [-0.3, -0.25) is 9.89 Å². The maximum absolute atomic E-state index is 5.95. The highest BCUT2D eigenvalue weighted by atomic mass is 16.5. The Morgan fingerprint density at radius 3 is 2.58 bits per heavy atom. The molecule has 0 radical (unpaired) electrons. The number of nitrogens with zero attached hydrogens (tertiary/aromatic N) is 2. The second-order valence-corrected chi connectivity index (χ2v) is 7.40. The lowest BCUT2D eigenvalue weighted by atomic mass is 10.1. The molecule has 0 aromatic heterocycles. The third-order valence-electron chi connectivity index (χ3n) is 5.23. The summed E-state index contributed by atoms with van der Waals surface area (Å²) in [7, 11) is 3.47. The van der Waals surface area contributed by atoms with Crippen LogP contribution in [0.1, 0.15) is 11.1 Å². The quantitative estimate of drug-likeness (QED) is 0.449. The smallest absolute Gasteiger partial charge is 0.191 e. The Morgan fingerprint density at radius 1 is 1.03 bits per heavy atom. The summed E-state index contributed by atoms with van der Waals surface area (Å²) in [5, 5.41) is 6.73. The van der Waals surface area contributed by atoms with Gasteiger partial charge in [0, 0.05) is 39.8 Å². The molecule has 0 bridgehead atoms. The molecule has 7 heteroatoms. The van der Waals surface area contributed by atoms with Crippen LogP contribution < -0.4 is 20.1 Å². The summed E-state index contributed by atoms with van der Waals surface area (Å²) in [6.07, 6.45) is 0.914. The number of hydrogen-bond acceptors (Lipinski definition) is 5. The zero-order valence-corrected chi connectivity index (χ0v) is 18.6. The van der Waals surface area contributed by atoms with E-state index in [1.54, 1.807) is 14.2 Å². The minimum absolute atomic E-state index is 0.683. The molecule has 1 heterocycles. The Bertz CT molecular complexity index is 805. The topological polar surface area (TPSA) is 67.4 Å². The summed E-state index contributed by atoms with van der Waals surface area (Å²) < 4.78 is 16.5. The third-order valence-corrected chi connectivity index (χ3v) is 5.23. The number of nitrogens with one attached hydrogen (secondary N) is 2. The predicted molar refractivity (Wildman–Crippen MR) is 124 cm³/mol. The molecule has 2 aromatic carbocycles. The van der Waals surface area contributed by atoms with E-state index >= 15 is 0 Å². The molecule has 0 unspecified atom stereocenters. The van der Waals surface area contributed by atoms with Gasteiger partial charge in [-0.2, -0.15) is 0 Å². The highest BCUT2D eigenvalue weighted by Gasteiger charge is 2.09. The van der Waals surface area contributed by atoms with E-state index in [1.165, 1.54) is 5.56 Å². The number of aliphatic imine (C=N–C) groups is 1. The summed E-state index contributed by atoms with van der Waals surface area (Å²) in [4.78, 5) is 6.68. The standard InChI is InChI=1S/C24H34N4O3/c1-25-24(26-11-10-20-6-8-22(29-2)9-7-20)27-19-21-4-3-5-23(18-21)31-17-14-28-12-15-30-16-13-28/h3-9,18H,10-17,19H2,1-2H3,(H2,25,26,27). The van der Waals surface area contributed by atoms with Crippen LogP contribution in [0.3, 0.4) is 0 Å². The normalized spacial score (nSPS) is 14.8. The van der Waals surface area contributed by atoms with Crippen LogP contribution in [-0.2, 0) is 17.7 Å². The minimum atomic E-state index is 0.683. The fourth-order valence-electron chi connectivity index (χ4n) is 3.39. The first-order valence-electron chi connectivity index (χ1n) is 10.9. The van der Waals surface area contributed by atoms with Crippen molar-refractivity contribution in [1.29, 1.82) is 0 Å². The molecule has 2 aromatic rings. The molecule has 1 aliphatic rings. The fourth-order valence-corrected chi connectivity index (χ4v) is 3.39. The highest BCUT2D eigenvalue weighted by molar-refractivity contribution is 5.79. The van der Waals surface area contributed by atoms with Crippen molar-refractivity contribution >= 4 is 5.96 Å². The Balaban J connectivity index is 1.37. The number of morpholine rings is 1. The van der Waals surface area contributed by atoms with Gasteiger partial charge < -0.3 is 24.8 Å². The number of hydrogen-bond donors (Lipinski definition) is 2. The van der Waals surface area contributed by atoms with Crippen molar-refractivity contribution in [2.45, 2.75) is 13.0 Å².